The molecule has 1 saturated heterocycles. The molecule has 1 fully saturated rings. The minimum Gasteiger partial charge on any atom is -0.332 e. The average Bonchev–Trinajstić information content (AvgIpc) is 2.59. The van der Waals surface area contributed by atoms with Crippen LogP contribution < -0.4 is 10.6 Å². The molecule has 5 heteroatoms. The van der Waals surface area contributed by atoms with Crippen LogP contribution >= 0.6 is 0 Å². The molecule has 2 aromatic rings. The van der Waals surface area contributed by atoms with Crippen molar-refractivity contribution in [1.82, 2.24) is 10.6 Å². The van der Waals surface area contributed by atoms with E-state index in [2.05, 4.69) is 10.6 Å². The fourth-order valence-electron chi connectivity index (χ4n) is 2.31. The number of carbonyl (C=O) groups excluding carboxylic acids is 3. The standard InChI is InChI=1S/C18H14N2O3/c21-16(13-9-5-2-6-10-13)15-18(23)19-14(17(22)20-15)11-12-7-3-1-4-8-12/h1-11,15H,(H,19,23)(H,20,22)/b14-11-/t15-/m0/s1. The lowest BCUT2D eigenvalue weighted by Crippen LogP contribution is -2.58. The van der Waals surface area contributed by atoms with Crippen molar-refractivity contribution in [3.63, 3.8) is 0 Å². The average molecular weight is 306 g/mol. The summed E-state index contributed by atoms with van der Waals surface area (Å²) in [5.74, 6) is -1.46. The van der Waals surface area contributed by atoms with E-state index in [4.69, 9.17) is 0 Å². The first-order valence-corrected chi connectivity index (χ1v) is 7.13. The first kappa shape index (κ1) is 14.7. The van der Waals surface area contributed by atoms with Gasteiger partial charge in [-0.2, -0.15) is 0 Å². The Kier molecular flexibility index (Phi) is 4.01. The lowest BCUT2D eigenvalue weighted by Gasteiger charge is -2.24. The van der Waals surface area contributed by atoms with Gasteiger partial charge in [-0.1, -0.05) is 60.7 Å². The molecule has 0 bridgehead atoms. The van der Waals surface area contributed by atoms with Gasteiger partial charge in [-0.25, -0.2) is 0 Å². The summed E-state index contributed by atoms with van der Waals surface area (Å²) in [6.07, 6.45) is 1.57. The molecular weight excluding hydrogens is 292 g/mol. The van der Waals surface area contributed by atoms with Gasteiger partial charge in [-0.15, -0.1) is 0 Å². The molecule has 2 N–H and O–H groups in total. The van der Waals surface area contributed by atoms with Crippen LogP contribution in [0.2, 0.25) is 0 Å². The molecular formula is C18H14N2O3. The fraction of sp³-hybridized carbons (Fsp3) is 0.0556. The Hall–Kier alpha value is -3.21. The third kappa shape index (κ3) is 3.18. The van der Waals surface area contributed by atoms with Crippen LogP contribution in [0.1, 0.15) is 15.9 Å². The molecule has 5 nitrogen and oxygen atoms in total. The quantitative estimate of drug-likeness (QED) is 0.513. The van der Waals surface area contributed by atoms with E-state index in [1.54, 1.807) is 36.4 Å². The summed E-state index contributed by atoms with van der Waals surface area (Å²) >= 11 is 0. The third-order valence-corrected chi connectivity index (χ3v) is 3.47. The molecule has 0 aliphatic carbocycles. The van der Waals surface area contributed by atoms with Crippen LogP contribution in [0.15, 0.2) is 66.4 Å². The highest BCUT2D eigenvalue weighted by molar-refractivity contribution is 6.20. The zero-order valence-corrected chi connectivity index (χ0v) is 12.2. The van der Waals surface area contributed by atoms with Gasteiger partial charge in [0.25, 0.3) is 11.8 Å². The largest absolute Gasteiger partial charge is 0.332 e. The molecule has 0 spiro atoms. The number of amides is 2. The van der Waals surface area contributed by atoms with Crippen LogP contribution in [0.3, 0.4) is 0 Å². The highest BCUT2D eigenvalue weighted by Gasteiger charge is 2.35. The molecule has 114 valence electrons. The van der Waals surface area contributed by atoms with Crippen LogP contribution in [0, 0.1) is 0 Å². The SMILES string of the molecule is O=C1N[C@@H](C(=O)c2ccccc2)C(=O)N/C1=C\c1ccccc1. The van der Waals surface area contributed by atoms with Gasteiger partial charge in [0.15, 0.2) is 11.8 Å². The van der Waals surface area contributed by atoms with Gasteiger partial charge in [0.05, 0.1) is 0 Å². The topological polar surface area (TPSA) is 75.3 Å². The van der Waals surface area contributed by atoms with E-state index in [0.717, 1.165) is 5.56 Å². The van der Waals surface area contributed by atoms with Crippen molar-refractivity contribution in [2.45, 2.75) is 6.04 Å². The van der Waals surface area contributed by atoms with Crippen LogP contribution in [-0.4, -0.2) is 23.6 Å². The van der Waals surface area contributed by atoms with Crippen LogP contribution in [0.5, 0.6) is 0 Å². The summed E-state index contributed by atoms with van der Waals surface area (Å²) in [6.45, 7) is 0. The fourth-order valence-corrected chi connectivity index (χ4v) is 2.31. The number of rotatable bonds is 3. The summed E-state index contributed by atoms with van der Waals surface area (Å²) in [5, 5.41) is 4.97. The Morgan fingerprint density at radius 2 is 1.52 bits per heavy atom. The van der Waals surface area contributed by atoms with Crippen molar-refractivity contribution in [3.8, 4) is 0 Å². The van der Waals surface area contributed by atoms with Crippen LogP contribution in [0.25, 0.3) is 6.08 Å². The van der Waals surface area contributed by atoms with E-state index in [-0.39, 0.29) is 5.70 Å². The monoisotopic (exact) mass is 306 g/mol. The van der Waals surface area contributed by atoms with Gasteiger partial charge in [0.1, 0.15) is 5.70 Å². The second-order valence-electron chi connectivity index (χ2n) is 5.09. The van der Waals surface area contributed by atoms with Crippen molar-refractivity contribution >= 4 is 23.7 Å². The van der Waals surface area contributed by atoms with Crippen molar-refractivity contribution in [2.24, 2.45) is 0 Å². The van der Waals surface area contributed by atoms with E-state index in [0.29, 0.717) is 5.56 Å². The molecule has 2 aromatic carbocycles. The van der Waals surface area contributed by atoms with E-state index >= 15 is 0 Å². The van der Waals surface area contributed by atoms with E-state index in [1.807, 2.05) is 30.3 Å². The molecule has 0 radical (unpaired) electrons. The summed E-state index contributed by atoms with van der Waals surface area (Å²) in [5.41, 5.74) is 1.28. The Labute approximate surface area is 133 Å². The molecule has 23 heavy (non-hydrogen) atoms. The van der Waals surface area contributed by atoms with Gasteiger partial charge >= 0.3 is 0 Å². The second kappa shape index (κ2) is 6.27. The van der Waals surface area contributed by atoms with Gasteiger partial charge in [-0.05, 0) is 11.6 Å². The lowest BCUT2D eigenvalue weighted by molar-refractivity contribution is -0.129. The third-order valence-electron chi connectivity index (χ3n) is 3.47. The molecule has 0 saturated carbocycles. The van der Waals surface area contributed by atoms with E-state index in [9.17, 15) is 14.4 Å². The zero-order chi connectivity index (χ0) is 16.2. The maximum Gasteiger partial charge on any atom is 0.268 e. The number of ketones is 1. The van der Waals surface area contributed by atoms with Gasteiger partial charge in [0, 0.05) is 5.56 Å². The first-order chi connectivity index (χ1) is 11.1. The maximum absolute atomic E-state index is 12.3. The van der Waals surface area contributed by atoms with Gasteiger partial charge < -0.3 is 10.6 Å². The molecule has 0 aromatic heterocycles. The van der Waals surface area contributed by atoms with E-state index in [1.165, 1.54) is 0 Å². The smallest absolute Gasteiger partial charge is 0.268 e. The summed E-state index contributed by atoms with van der Waals surface area (Å²) in [6, 6.07) is 16.3. The van der Waals surface area contributed by atoms with Gasteiger partial charge in [-0.3, -0.25) is 14.4 Å². The Morgan fingerprint density at radius 3 is 2.17 bits per heavy atom. The highest BCUT2D eigenvalue weighted by atomic mass is 16.2. The van der Waals surface area contributed by atoms with Crippen molar-refractivity contribution in [3.05, 3.63) is 77.5 Å². The molecule has 0 unspecified atom stereocenters. The summed E-state index contributed by atoms with van der Waals surface area (Å²) in [7, 11) is 0. The molecule has 1 aliphatic heterocycles. The van der Waals surface area contributed by atoms with E-state index < -0.39 is 23.6 Å². The number of Topliss-reactive ketones (excluding diaryl/α,β-unsaturated/α-hetero) is 1. The highest BCUT2D eigenvalue weighted by Crippen LogP contribution is 2.11. The van der Waals surface area contributed by atoms with Crippen molar-refractivity contribution in [2.75, 3.05) is 0 Å². The number of piperazine rings is 1. The number of hydrogen-bond donors (Lipinski definition) is 2. The van der Waals surface area contributed by atoms with Crippen molar-refractivity contribution in [1.29, 1.82) is 0 Å². The predicted octanol–water partition coefficient (Wildman–Crippen LogP) is 1.52. The minimum absolute atomic E-state index is 0.123. The number of hydrogen-bond acceptors (Lipinski definition) is 3. The molecule has 2 amide bonds. The molecule has 1 aliphatic rings. The normalized spacial score (nSPS) is 19.1. The Morgan fingerprint density at radius 1 is 0.913 bits per heavy atom. The van der Waals surface area contributed by atoms with Crippen molar-refractivity contribution < 1.29 is 14.4 Å². The molecule has 1 atom stereocenters. The summed E-state index contributed by atoms with van der Waals surface area (Å²) < 4.78 is 0. The first-order valence-electron chi connectivity index (χ1n) is 7.13. The van der Waals surface area contributed by atoms with Crippen LogP contribution in [-0.2, 0) is 9.59 Å². The molecule has 3 rings (SSSR count). The maximum atomic E-state index is 12.3. The van der Waals surface area contributed by atoms with Crippen LogP contribution in [0.4, 0.5) is 0 Å². The summed E-state index contributed by atoms with van der Waals surface area (Å²) in [4.78, 5) is 36.6. The second-order valence-corrected chi connectivity index (χ2v) is 5.09. The van der Waals surface area contributed by atoms with Gasteiger partial charge in [0.2, 0.25) is 0 Å². The molecule has 1 heterocycles. The lowest BCUT2D eigenvalue weighted by atomic mass is 10.0. The number of benzene rings is 2. The zero-order valence-electron chi connectivity index (χ0n) is 12.2. The minimum atomic E-state index is -1.21. The predicted molar refractivity (Wildman–Crippen MR) is 85.3 cm³/mol. The Balaban J connectivity index is 1.80. The number of carbonyl (C=O) groups is 3. The Bertz CT molecular complexity index is 782. The number of nitrogens with one attached hydrogen (secondary N) is 2.